The molecule has 1 amide bonds. The molecule has 4 heteroatoms. The third kappa shape index (κ3) is 4.91. The van der Waals surface area contributed by atoms with Crippen LogP contribution >= 0.6 is 0 Å². The highest BCUT2D eigenvalue weighted by atomic mass is 16.3. The standard InChI is InChI=1S/C15H24N2O2/c1-4-17(14-8-6-5-7-9-14)10-15(19)16-13(3)12(2)11-18/h5-9,12-13,18H,4,10-11H2,1-3H3,(H,16,19). The zero-order valence-corrected chi connectivity index (χ0v) is 12.0. The van der Waals surface area contributed by atoms with Gasteiger partial charge in [-0.1, -0.05) is 25.1 Å². The van der Waals surface area contributed by atoms with E-state index in [2.05, 4.69) is 5.32 Å². The first-order valence-corrected chi connectivity index (χ1v) is 6.78. The summed E-state index contributed by atoms with van der Waals surface area (Å²) in [5.74, 6) is 0.0502. The van der Waals surface area contributed by atoms with Gasteiger partial charge in [0, 0.05) is 24.9 Å². The number of likely N-dealkylation sites (N-methyl/N-ethyl adjacent to an activating group) is 1. The first-order chi connectivity index (χ1) is 9.08. The predicted molar refractivity (Wildman–Crippen MR) is 78.2 cm³/mol. The Kier molecular flexibility index (Phi) is 6.36. The Morgan fingerprint density at radius 2 is 1.95 bits per heavy atom. The summed E-state index contributed by atoms with van der Waals surface area (Å²) in [7, 11) is 0. The number of nitrogens with one attached hydrogen (secondary N) is 1. The van der Waals surface area contributed by atoms with Gasteiger partial charge in [-0.05, 0) is 31.9 Å². The van der Waals surface area contributed by atoms with Crippen molar-refractivity contribution in [1.29, 1.82) is 0 Å². The fraction of sp³-hybridized carbons (Fsp3) is 0.533. The lowest BCUT2D eigenvalue weighted by molar-refractivity contribution is -0.120. The number of rotatable bonds is 7. The van der Waals surface area contributed by atoms with Crippen LogP contribution in [0.2, 0.25) is 0 Å². The molecule has 106 valence electrons. The minimum atomic E-state index is -0.0213. The van der Waals surface area contributed by atoms with Crippen LogP contribution in [0.15, 0.2) is 30.3 Å². The lowest BCUT2D eigenvalue weighted by Gasteiger charge is -2.25. The number of hydrogen-bond acceptors (Lipinski definition) is 3. The Bertz CT molecular complexity index is 381. The van der Waals surface area contributed by atoms with Crippen LogP contribution in [-0.4, -0.2) is 36.8 Å². The zero-order valence-electron chi connectivity index (χ0n) is 12.0. The minimum Gasteiger partial charge on any atom is -0.396 e. The van der Waals surface area contributed by atoms with Crippen molar-refractivity contribution in [3.05, 3.63) is 30.3 Å². The normalized spacial score (nSPS) is 13.7. The average Bonchev–Trinajstić information content (AvgIpc) is 2.44. The summed E-state index contributed by atoms with van der Waals surface area (Å²) in [6.07, 6.45) is 0. The van der Waals surface area contributed by atoms with E-state index in [1.807, 2.05) is 56.0 Å². The maximum absolute atomic E-state index is 12.0. The molecule has 1 aromatic rings. The molecule has 1 aromatic carbocycles. The van der Waals surface area contributed by atoms with Crippen LogP contribution in [0.4, 0.5) is 5.69 Å². The van der Waals surface area contributed by atoms with Crippen molar-refractivity contribution >= 4 is 11.6 Å². The Morgan fingerprint density at radius 3 is 2.47 bits per heavy atom. The number of benzene rings is 1. The molecule has 4 nitrogen and oxygen atoms in total. The summed E-state index contributed by atoms with van der Waals surface area (Å²) in [6.45, 7) is 7.05. The van der Waals surface area contributed by atoms with Gasteiger partial charge in [0.05, 0.1) is 6.54 Å². The Morgan fingerprint density at radius 1 is 1.32 bits per heavy atom. The SMILES string of the molecule is CCN(CC(=O)NC(C)C(C)CO)c1ccccc1. The average molecular weight is 264 g/mol. The number of aliphatic hydroxyl groups is 1. The predicted octanol–water partition coefficient (Wildman–Crippen LogP) is 1.65. The number of amides is 1. The van der Waals surface area contributed by atoms with Gasteiger partial charge in [-0.15, -0.1) is 0 Å². The fourth-order valence-corrected chi connectivity index (χ4v) is 1.80. The molecule has 0 heterocycles. The lowest BCUT2D eigenvalue weighted by atomic mass is 10.1. The monoisotopic (exact) mass is 264 g/mol. The Balaban J connectivity index is 2.55. The largest absolute Gasteiger partial charge is 0.396 e. The molecule has 2 unspecified atom stereocenters. The summed E-state index contributed by atoms with van der Waals surface area (Å²) in [4.78, 5) is 14.0. The van der Waals surface area contributed by atoms with Crippen molar-refractivity contribution in [2.24, 2.45) is 5.92 Å². The number of para-hydroxylation sites is 1. The molecule has 2 atom stereocenters. The molecule has 0 saturated carbocycles. The quantitative estimate of drug-likeness (QED) is 0.787. The topological polar surface area (TPSA) is 52.6 Å². The van der Waals surface area contributed by atoms with Gasteiger partial charge in [0.15, 0.2) is 0 Å². The molecule has 0 radical (unpaired) electrons. The molecule has 0 aliphatic rings. The molecular weight excluding hydrogens is 240 g/mol. The number of aliphatic hydroxyl groups excluding tert-OH is 1. The van der Waals surface area contributed by atoms with Crippen LogP contribution in [0.3, 0.4) is 0 Å². The molecule has 0 aromatic heterocycles. The molecule has 1 rings (SSSR count). The molecule has 2 N–H and O–H groups in total. The van der Waals surface area contributed by atoms with E-state index < -0.39 is 0 Å². The van der Waals surface area contributed by atoms with Gasteiger partial charge in [0.1, 0.15) is 0 Å². The highest BCUT2D eigenvalue weighted by molar-refractivity contribution is 5.81. The number of hydrogen-bond donors (Lipinski definition) is 2. The van der Waals surface area contributed by atoms with Crippen molar-refractivity contribution in [1.82, 2.24) is 5.32 Å². The van der Waals surface area contributed by atoms with E-state index in [0.29, 0.717) is 6.54 Å². The van der Waals surface area contributed by atoms with Gasteiger partial charge in [0.2, 0.25) is 5.91 Å². The summed E-state index contributed by atoms with van der Waals surface area (Å²) in [5, 5.41) is 12.0. The van der Waals surface area contributed by atoms with Crippen LogP contribution in [0.5, 0.6) is 0 Å². The van der Waals surface area contributed by atoms with E-state index in [1.165, 1.54) is 0 Å². The van der Waals surface area contributed by atoms with E-state index in [4.69, 9.17) is 5.11 Å². The van der Waals surface area contributed by atoms with Crippen LogP contribution in [0.25, 0.3) is 0 Å². The Hall–Kier alpha value is -1.55. The molecule has 0 aliphatic heterocycles. The van der Waals surface area contributed by atoms with Gasteiger partial charge in [-0.2, -0.15) is 0 Å². The zero-order chi connectivity index (χ0) is 14.3. The van der Waals surface area contributed by atoms with E-state index in [1.54, 1.807) is 0 Å². The lowest BCUT2D eigenvalue weighted by Crippen LogP contribution is -2.44. The number of anilines is 1. The highest BCUT2D eigenvalue weighted by Crippen LogP contribution is 2.12. The smallest absolute Gasteiger partial charge is 0.239 e. The van der Waals surface area contributed by atoms with Gasteiger partial charge in [0.25, 0.3) is 0 Å². The minimum absolute atomic E-state index is 0.0153. The molecule has 19 heavy (non-hydrogen) atoms. The van der Waals surface area contributed by atoms with Crippen LogP contribution in [-0.2, 0) is 4.79 Å². The molecule has 0 fully saturated rings. The van der Waals surface area contributed by atoms with Crippen LogP contribution < -0.4 is 10.2 Å². The van der Waals surface area contributed by atoms with Gasteiger partial charge >= 0.3 is 0 Å². The highest BCUT2D eigenvalue weighted by Gasteiger charge is 2.15. The summed E-state index contributed by atoms with van der Waals surface area (Å²) >= 11 is 0. The molecule has 0 saturated heterocycles. The van der Waals surface area contributed by atoms with Gasteiger partial charge in [-0.3, -0.25) is 4.79 Å². The Labute approximate surface area is 115 Å². The summed E-state index contributed by atoms with van der Waals surface area (Å²) in [5.41, 5.74) is 1.04. The summed E-state index contributed by atoms with van der Waals surface area (Å²) in [6, 6.07) is 9.86. The fourth-order valence-electron chi connectivity index (χ4n) is 1.80. The number of nitrogens with zero attached hydrogens (tertiary/aromatic N) is 1. The van der Waals surface area contributed by atoms with Gasteiger partial charge in [-0.25, -0.2) is 0 Å². The third-order valence-corrected chi connectivity index (χ3v) is 3.37. The number of carbonyl (C=O) groups is 1. The van der Waals surface area contributed by atoms with Crippen molar-refractivity contribution in [2.45, 2.75) is 26.8 Å². The molecule has 0 bridgehead atoms. The van der Waals surface area contributed by atoms with Crippen LogP contribution in [0.1, 0.15) is 20.8 Å². The maximum atomic E-state index is 12.0. The molecule has 0 spiro atoms. The second-order valence-electron chi connectivity index (χ2n) is 4.87. The van der Waals surface area contributed by atoms with E-state index >= 15 is 0 Å². The first kappa shape index (κ1) is 15.5. The molecule has 0 aliphatic carbocycles. The van der Waals surface area contributed by atoms with Crippen molar-refractivity contribution in [3.8, 4) is 0 Å². The molecular formula is C15H24N2O2. The van der Waals surface area contributed by atoms with E-state index in [9.17, 15) is 4.79 Å². The third-order valence-electron chi connectivity index (χ3n) is 3.37. The van der Waals surface area contributed by atoms with Crippen molar-refractivity contribution < 1.29 is 9.90 Å². The number of carbonyl (C=O) groups excluding carboxylic acids is 1. The van der Waals surface area contributed by atoms with Crippen molar-refractivity contribution in [3.63, 3.8) is 0 Å². The first-order valence-electron chi connectivity index (χ1n) is 6.78. The second kappa shape index (κ2) is 7.79. The second-order valence-corrected chi connectivity index (χ2v) is 4.87. The van der Waals surface area contributed by atoms with Gasteiger partial charge < -0.3 is 15.3 Å². The van der Waals surface area contributed by atoms with Crippen LogP contribution in [0, 0.1) is 5.92 Å². The van der Waals surface area contributed by atoms with E-state index in [-0.39, 0.29) is 24.5 Å². The summed E-state index contributed by atoms with van der Waals surface area (Å²) < 4.78 is 0. The maximum Gasteiger partial charge on any atom is 0.239 e. The van der Waals surface area contributed by atoms with Crippen molar-refractivity contribution in [2.75, 3.05) is 24.6 Å². The van der Waals surface area contributed by atoms with E-state index in [0.717, 1.165) is 12.2 Å².